The van der Waals surface area contributed by atoms with Gasteiger partial charge in [-0.2, -0.15) is 0 Å². The average Bonchev–Trinajstić information content (AvgIpc) is 2.14. The lowest BCUT2D eigenvalue weighted by Gasteiger charge is -1.85. The minimum atomic E-state index is 0. The van der Waals surface area contributed by atoms with Crippen molar-refractivity contribution >= 4 is 32.9 Å². The average molecular weight is 305 g/mol. The van der Waals surface area contributed by atoms with Gasteiger partial charge in [0.2, 0.25) is 0 Å². The van der Waals surface area contributed by atoms with E-state index in [4.69, 9.17) is 0 Å². The summed E-state index contributed by atoms with van der Waals surface area (Å²) in [5.74, 6) is 6.06. The molecule has 1 heterocycles. The van der Waals surface area contributed by atoms with E-state index in [2.05, 4.69) is 32.8 Å². The molecule has 0 amide bonds. The summed E-state index contributed by atoms with van der Waals surface area (Å²) in [7, 11) is 0. The molecule has 0 aliphatic heterocycles. The van der Waals surface area contributed by atoms with E-state index < -0.39 is 0 Å². The molecule has 0 unspecified atom stereocenters. The standard InChI is InChI=1S/C10H10BrN.BrH/c11-8-4-1-2-6-10-7-3-5-9-12-10;/h3,5,7,9H,1,4,8H2;1H. The predicted molar refractivity (Wildman–Crippen MR) is 64.5 cm³/mol. The third-order valence-electron chi connectivity index (χ3n) is 1.32. The first-order chi connectivity index (χ1) is 5.93. The summed E-state index contributed by atoms with van der Waals surface area (Å²) >= 11 is 3.35. The topological polar surface area (TPSA) is 12.9 Å². The maximum Gasteiger partial charge on any atom is 0.113 e. The van der Waals surface area contributed by atoms with Crippen molar-refractivity contribution in [3.63, 3.8) is 0 Å². The van der Waals surface area contributed by atoms with Crippen molar-refractivity contribution in [2.24, 2.45) is 0 Å². The minimum Gasteiger partial charge on any atom is -0.248 e. The van der Waals surface area contributed by atoms with E-state index >= 15 is 0 Å². The fraction of sp³-hybridized carbons (Fsp3) is 0.300. The third-order valence-corrected chi connectivity index (χ3v) is 1.88. The van der Waals surface area contributed by atoms with E-state index in [1.807, 2.05) is 18.2 Å². The lowest BCUT2D eigenvalue weighted by Crippen LogP contribution is -1.78. The molecule has 0 aliphatic carbocycles. The van der Waals surface area contributed by atoms with Crippen molar-refractivity contribution in [3.05, 3.63) is 30.1 Å². The maximum atomic E-state index is 4.09. The number of halogens is 2. The van der Waals surface area contributed by atoms with Crippen LogP contribution in [0.25, 0.3) is 0 Å². The first-order valence-corrected chi connectivity index (χ1v) is 5.01. The second-order valence-electron chi connectivity index (χ2n) is 2.31. The van der Waals surface area contributed by atoms with Crippen LogP contribution in [-0.2, 0) is 0 Å². The third kappa shape index (κ3) is 5.84. The van der Waals surface area contributed by atoms with Crippen LogP contribution in [0, 0.1) is 11.8 Å². The molecule has 13 heavy (non-hydrogen) atoms. The summed E-state index contributed by atoms with van der Waals surface area (Å²) < 4.78 is 0. The van der Waals surface area contributed by atoms with Crippen LogP contribution in [0.5, 0.6) is 0 Å². The van der Waals surface area contributed by atoms with E-state index in [-0.39, 0.29) is 17.0 Å². The zero-order valence-corrected chi connectivity index (χ0v) is 10.5. The van der Waals surface area contributed by atoms with Gasteiger partial charge in [0.1, 0.15) is 5.69 Å². The molecule has 70 valence electrons. The van der Waals surface area contributed by atoms with Gasteiger partial charge in [-0.25, -0.2) is 4.98 Å². The quantitative estimate of drug-likeness (QED) is 0.464. The SMILES string of the molecule is Br.BrCCCC#Cc1ccccn1. The normalized spacial score (nSPS) is 8.08. The molecule has 0 spiro atoms. The molecule has 0 fully saturated rings. The Morgan fingerprint density at radius 3 is 2.85 bits per heavy atom. The molecule has 0 N–H and O–H groups in total. The highest BCUT2D eigenvalue weighted by Gasteiger charge is 1.82. The molecule has 0 saturated carbocycles. The molecular formula is C10H11Br2N. The molecule has 0 aliphatic rings. The predicted octanol–water partition coefficient (Wildman–Crippen LogP) is 3.19. The summed E-state index contributed by atoms with van der Waals surface area (Å²) in [6.45, 7) is 0. The Hall–Kier alpha value is -0.330. The number of hydrogen-bond acceptors (Lipinski definition) is 1. The maximum absolute atomic E-state index is 4.09. The molecule has 1 nitrogen and oxygen atoms in total. The number of rotatable bonds is 2. The Bertz CT molecular complexity index is 274. The van der Waals surface area contributed by atoms with E-state index in [9.17, 15) is 0 Å². The van der Waals surface area contributed by atoms with E-state index in [0.717, 1.165) is 23.9 Å². The van der Waals surface area contributed by atoms with Gasteiger partial charge in [0, 0.05) is 17.9 Å². The Morgan fingerprint density at radius 2 is 2.23 bits per heavy atom. The molecule has 0 bridgehead atoms. The molecule has 0 aromatic carbocycles. The first kappa shape index (κ1) is 12.7. The van der Waals surface area contributed by atoms with Gasteiger partial charge < -0.3 is 0 Å². The van der Waals surface area contributed by atoms with Crippen LogP contribution in [0.15, 0.2) is 24.4 Å². The van der Waals surface area contributed by atoms with Crippen molar-refractivity contribution in [2.45, 2.75) is 12.8 Å². The summed E-state index contributed by atoms with van der Waals surface area (Å²) in [6, 6.07) is 5.76. The fourth-order valence-electron chi connectivity index (χ4n) is 0.745. The number of aromatic nitrogens is 1. The number of hydrogen-bond donors (Lipinski definition) is 0. The van der Waals surface area contributed by atoms with Crippen molar-refractivity contribution in [3.8, 4) is 11.8 Å². The number of pyridine rings is 1. The highest BCUT2D eigenvalue weighted by molar-refractivity contribution is 9.09. The first-order valence-electron chi connectivity index (χ1n) is 3.89. The molecule has 0 atom stereocenters. The smallest absolute Gasteiger partial charge is 0.113 e. The van der Waals surface area contributed by atoms with Crippen LogP contribution >= 0.6 is 32.9 Å². The molecule has 1 aromatic rings. The van der Waals surface area contributed by atoms with Gasteiger partial charge in [0.25, 0.3) is 0 Å². The monoisotopic (exact) mass is 303 g/mol. The largest absolute Gasteiger partial charge is 0.248 e. The van der Waals surface area contributed by atoms with E-state index in [0.29, 0.717) is 0 Å². The van der Waals surface area contributed by atoms with Crippen molar-refractivity contribution in [2.75, 3.05) is 5.33 Å². The van der Waals surface area contributed by atoms with Crippen LogP contribution in [0.3, 0.4) is 0 Å². The van der Waals surface area contributed by atoms with Gasteiger partial charge in [0.15, 0.2) is 0 Å². The van der Waals surface area contributed by atoms with Gasteiger partial charge in [-0.1, -0.05) is 27.9 Å². The van der Waals surface area contributed by atoms with E-state index in [1.165, 1.54) is 0 Å². The zero-order valence-electron chi connectivity index (χ0n) is 7.16. The van der Waals surface area contributed by atoms with Crippen LogP contribution in [0.2, 0.25) is 0 Å². The van der Waals surface area contributed by atoms with E-state index in [1.54, 1.807) is 6.20 Å². The number of alkyl halides is 1. The Balaban J connectivity index is 0.00000144. The van der Waals surface area contributed by atoms with Crippen LogP contribution in [-0.4, -0.2) is 10.3 Å². The zero-order chi connectivity index (χ0) is 8.65. The van der Waals surface area contributed by atoms with Gasteiger partial charge in [-0.3, -0.25) is 0 Å². The molecule has 0 radical (unpaired) electrons. The highest BCUT2D eigenvalue weighted by atomic mass is 79.9. The molecule has 1 aromatic heterocycles. The second-order valence-corrected chi connectivity index (χ2v) is 3.10. The van der Waals surface area contributed by atoms with Crippen LogP contribution in [0.4, 0.5) is 0 Å². The van der Waals surface area contributed by atoms with Crippen LogP contribution < -0.4 is 0 Å². The van der Waals surface area contributed by atoms with Crippen LogP contribution in [0.1, 0.15) is 18.5 Å². The van der Waals surface area contributed by atoms with Gasteiger partial charge in [0.05, 0.1) is 0 Å². The number of nitrogens with zero attached hydrogens (tertiary/aromatic N) is 1. The summed E-state index contributed by atoms with van der Waals surface area (Å²) in [5, 5.41) is 1.02. The van der Waals surface area contributed by atoms with Crippen molar-refractivity contribution in [1.29, 1.82) is 0 Å². The van der Waals surface area contributed by atoms with Crippen molar-refractivity contribution in [1.82, 2.24) is 4.98 Å². The van der Waals surface area contributed by atoms with Crippen molar-refractivity contribution < 1.29 is 0 Å². The number of unbranched alkanes of at least 4 members (excludes halogenated alkanes) is 1. The highest BCUT2D eigenvalue weighted by Crippen LogP contribution is 1.93. The Labute approximate surface area is 97.9 Å². The molecule has 0 saturated heterocycles. The van der Waals surface area contributed by atoms with Gasteiger partial charge in [-0.15, -0.1) is 17.0 Å². The lowest BCUT2D eigenvalue weighted by atomic mass is 10.3. The molecule has 1 rings (SSSR count). The van der Waals surface area contributed by atoms with Gasteiger partial charge >= 0.3 is 0 Å². The minimum absolute atomic E-state index is 0. The Morgan fingerprint density at radius 1 is 1.38 bits per heavy atom. The summed E-state index contributed by atoms with van der Waals surface area (Å²) in [5.41, 5.74) is 0.854. The molecule has 3 heteroatoms. The molecular weight excluding hydrogens is 294 g/mol. The summed E-state index contributed by atoms with van der Waals surface area (Å²) in [4.78, 5) is 4.09. The second kappa shape index (κ2) is 8.28. The summed E-state index contributed by atoms with van der Waals surface area (Å²) in [6.07, 6.45) is 3.79. The Kier molecular flexibility index (Phi) is 8.07. The van der Waals surface area contributed by atoms with Gasteiger partial charge in [-0.05, 0) is 24.5 Å². The lowest BCUT2D eigenvalue weighted by molar-refractivity contribution is 1.00. The fourth-order valence-corrected chi connectivity index (χ4v) is 1.03.